The molecule has 0 aliphatic carbocycles. The van der Waals surface area contributed by atoms with E-state index in [1.165, 1.54) is 7.11 Å². The van der Waals surface area contributed by atoms with E-state index in [0.717, 1.165) is 0 Å². The van der Waals surface area contributed by atoms with Crippen LogP contribution in [0.5, 0.6) is 0 Å². The number of aliphatic hydroxyl groups excluding tert-OH is 1. The van der Waals surface area contributed by atoms with E-state index in [4.69, 9.17) is 5.11 Å². The molecule has 8 heavy (non-hydrogen) atoms. The summed E-state index contributed by atoms with van der Waals surface area (Å²) in [5.41, 5.74) is 0. The van der Waals surface area contributed by atoms with E-state index < -0.39 is 12.6 Å². The Morgan fingerprint density at radius 1 is 1.75 bits per heavy atom. The minimum atomic E-state index is -0.674. The Bertz CT molecular complexity index is 70.4. The van der Waals surface area contributed by atoms with Crippen LogP contribution in [-0.2, 0) is 14.3 Å². The third kappa shape index (κ3) is 3.58. The summed E-state index contributed by atoms with van der Waals surface area (Å²) in [6.45, 7) is -0.692. The molecule has 0 radical (unpaired) electrons. The number of ether oxygens (including phenoxy) is 2. The molecule has 0 aliphatic heterocycles. The van der Waals surface area contributed by atoms with Gasteiger partial charge in [0, 0.05) is 7.11 Å². The van der Waals surface area contributed by atoms with Gasteiger partial charge in [-0.2, -0.15) is 0 Å². The van der Waals surface area contributed by atoms with E-state index in [2.05, 4.69) is 9.47 Å². The average molecular weight is 120 g/mol. The summed E-state index contributed by atoms with van der Waals surface area (Å²) < 4.78 is 8.59. The first-order valence-electron chi connectivity index (χ1n) is 2.06. The van der Waals surface area contributed by atoms with Gasteiger partial charge in [0.05, 0.1) is 0 Å². The van der Waals surface area contributed by atoms with Gasteiger partial charge in [0.25, 0.3) is 0 Å². The number of methoxy groups -OCH3 is 1. The molecule has 0 aromatic carbocycles. The van der Waals surface area contributed by atoms with E-state index in [1.807, 2.05) is 0 Å². The first-order valence-corrected chi connectivity index (χ1v) is 2.06. The van der Waals surface area contributed by atoms with Crippen molar-refractivity contribution in [3.05, 3.63) is 0 Å². The average Bonchev–Trinajstić information content (AvgIpc) is 1.83. The van der Waals surface area contributed by atoms with Gasteiger partial charge in [0.15, 0.2) is 6.79 Å². The van der Waals surface area contributed by atoms with Gasteiger partial charge in [-0.15, -0.1) is 0 Å². The fraction of sp³-hybridized carbons (Fsp3) is 0.750. The molecule has 1 N–H and O–H groups in total. The molecule has 0 heterocycles. The Balaban J connectivity index is 2.99. The minimum Gasteiger partial charge on any atom is -0.437 e. The monoisotopic (exact) mass is 120 g/mol. The number of carbonyl (C=O) groups excluding carboxylic acids is 1. The quantitative estimate of drug-likeness (QED) is 0.388. The molecule has 0 saturated heterocycles. The summed E-state index contributed by atoms with van der Waals surface area (Å²) in [6, 6.07) is 0. The zero-order valence-electron chi connectivity index (χ0n) is 4.59. The minimum absolute atomic E-state index is 0.0978. The van der Waals surface area contributed by atoms with E-state index in [0.29, 0.717) is 0 Å². The van der Waals surface area contributed by atoms with Crippen molar-refractivity contribution in [2.24, 2.45) is 0 Å². The molecule has 0 spiro atoms. The van der Waals surface area contributed by atoms with E-state index in [-0.39, 0.29) is 6.79 Å². The Kier molecular flexibility index (Phi) is 4.20. The number of hydrogen-bond donors (Lipinski definition) is 1. The van der Waals surface area contributed by atoms with E-state index in [1.54, 1.807) is 0 Å². The maximum absolute atomic E-state index is 10.0. The van der Waals surface area contributed by atoms with Crippen LogP contribution in [0, 0.1) is 0 Å². The summed E-state index contributed by atoms with van der Waals surface area (Å²) >= 11 is 0. The summed E-state index contributed by atoms with van der Waals surface area (Å²) in [6.07, 6.45) is 0. The van der Waals surface area contributed by atoms with E-state index in [9.17, 15) is 4.79 Å². The van der Waals surface area contributed by atoms with Gasteiger partial charge in [-0.1, -0.05) is 0 Å². The lowest BCUT2D eigenvalue weighted by Crippen LogP contribution is -2.10. The maximum atomic E-state index is 10.0. The lowest BCUT2D eigenvalue weighted by atomic mass is 10.7. The number of carbonyl (C=O) groups is 1. The topological polar surface area (TPSA) is 55.8 Å². The highest BCUT2D eigenvalue weighted by atomic mass is 16.7. The van der Waals surface area contributed by atoms with Gasteiger partial charge in [-0.3, -0.25) is 0 Å². The zero-order chi connectivity index (χ0) is 6.41. The summed E-state index contributed by atoms with van der Waals surface area (Å²) in [4.78, 5) is 10.0. The molecule has 0 saturated carbocycles. The molecule has 0 rings (SSSR count). The molecular weight excluding hydrogens is 112 g/mol. The van der Waals surface area contributed by atoms with Crippen LogP contribution >= 0.6 is 0 Å². The Morgan fingerprint density at radius 3 is 2.75 bits per heavy atom. The zero-order valence-corrected chi connectivity index (χ0v) is 4.59. The van der Waals surface area contributed by atoms with Crippen LogP contribution in [0.4, 0.5) is 0 Å². The van der Waals surface area contributed by atoms with Gasteiger partial charge >= 0.3 is 5.97 Å². The smallest absolute Gasteiger partial charge is 0.333 e. The van der Waals surface area contributed by atoms with Crippen molar-refractivity contribution in [1.82, 2.24) is 0 Å². The molecular formula is C4H8O4. The summed E-state index contributed by atoms with van der Waals surface area (Å²) in [7, 11) is 1.39. The predicted molar refractivity (Wildman–Crippen MR) is 25.1 cm³/mol. The third-order valence-electron chi connectivity index (χ3n) is 0.467. The van der Waals surface area contributed by atoms with Crippen molar-refractivity contribution in [2.45, 2.75) is 0 Å². The highest BCUT2D eigenvalue weighted by Crippen LogP contribution is 1.74. The molecule has 0 aliphatic rings. The number of hydrogen-bond acceptors (Lipinski definition) is 4. The third-order valence-corrected chi connectivity index (χ3v) is 0.467. The molecule has 4 nitrogen and oxygen atoms in total. The van der Waals surface area contributed by atoms with Crippen molar-refractivity contribution in [3.8, 4) is 0 Å². The second-order valence-electron chi connectivity index (χ2n) is 1.08. The molecule has 0 fully saturated rings. The molecule has 0 unspecified atom stereocenters. The van der Waals surface area contributed by atoms with Crippen molar-refractivity contribution in [2.75, 3.05) is 20.5 Å². The lowest BCUT2D eigenvalue weighted by Gasteiger charge is -1.97. The Labute approximate surface area is 47.0 Å². The van der Waals surface area contributed by atoms with Gasteiger partial charge in [0.1, 0.15) is 6.61 Å². The Hall–Kier alpha value is -0.610. The van der Waals surface area contributed by atoms with Crippen LogP contribution in [0.25, 0.3) is 0 Å². The molecule has 0 aromatic rings. The van der Waals surface area contributed by atoms with Crippen molar-refractivity contribution in [1.29, 1.82) is 0 Å². The van der Waals surface area contributed by atoms with Crippen LogP contribution in [0.15, 0.2) is 0 Å². The van der Waals surface area contributed by atoms with Crippen LogP contribution in [0.3, 0.4) is 0 Å². The second-order valence-corrected chi connectivity index (χ2v) is 1.08. The lowest BCUT2D eigenvalue weighted by molar-refractivity contribution is -0.157. The highest BCUT2D eigenvalue weighted by molar-refractivity contribution is 5.70. The number of aliphatic hydroxyl groups is 1. The van der Waals surface area contributed by atoms with Crippen LogP contribution in [0.1, 0.15) is 0 Å². The second kappa shape index (κ2) is 4.55. The van der Waals surface area contributed by atoms with Crippen molar-refractivity contribution < 1.29 is 19.4 Å². The van der Waals surface area contributed by atoms with Crippen LogP contribution in [-0.4, -0.2) is 31.6 Å². The first-order chi connectivity index (χ1) is 3.81. The normalized spacial score (nSPS) is 8.75. The van der Waals surface area contributed by atoms with Crippen molar-refractivity contribution >= 4 is 5.97 Å². The summed E-state index contributed by atoms with van der Waals surface area (Å²) in [5.74, 6) is -0.674. The molecule has 0 aromatic heterocycles. The van der Waals surface area contributed by atoms with E-state index >= 15 is 0 Å². The molecule has 0 amide bonds. The Morgan fingerprint density at radius 2 is 2.38 bits per heavy atom. The molecule has 0 bridgehead atoms. The largest absolute Gasteiger partial charge is 0.437 e. The van der Waals surface area contributed by atoms with Crippen molar-refractivity contribution in [3.63, 3.8) is 0 Å². The molecule has 48 valence electrons. The molecule has 0 atom stereocenters. The van der Waals surface area contributed by atoms with Crippen LogP contribution < -0.4 is 0 Å². The van der Waals surface area contributed by atoms with Gasteiger partial charge in [-0.05, 0) is 0 Å². The molecule has 4 heteroatoms. The first kappa shape index (κ1) is 7.39. The number of esters is 1. The SMILES string of the molecule is COCOC(=O)CO. The van der Waals surface area contributed by atoms with Gasteiger partial charge < -0.3 is 14.6 Å². The fourth-order valence-electron chi connectivity index (χ4n) is 0.170. The predicted octanol–water partition coefficient (Wildman–Crippen LogP) is -0.874. The van der Waals surface area contributed by atoms with Gasteiger partial charge in [-0.25, -0.2) is 4.79 Å². The van der Waals surface area contributed by atoms with Gasteiger partial charge in [0.2, 0.25) is 0 Å². The highest BCUT2D eigenvalue weighted by Gasteiger charge is 1.95. The number of rotatable bonds is 3. The fourth-order valence-corrected chi connectivity index (χ4v) is 0.170. The maximum Gasteiger partial charge on any atom is 0.333 e. The standard InChI is InChI=1S/C4H8O4/c1-7-3-8-4(6)2-5/h5H,2-3H2,1H3. The summed E-state index contributed by atoms with van der Waals surface area (Å²) in [5, 5.41) is 8.03. The van der Waals surface area contributed by atoms with Crippen LogP contribution in [0.2, 0.25) is 0 Å².